The van der Waals surface area contributed by atoms with Crippen LogP contribution in [-0.2, 0) is 0 Å². The summed E-state index contributed by atoms with van der Waals surface area (Å²) in [7, 11) is 1.63. The standard InChI is InChI=1S/C23H21N3O4S/c1-28-15-8-6-14(7-9-15)17-13-31-23(25-17)21-18(27)11-26(22(21)24)10-16-12-29-19-4-2-3-5-20(19)30-16/h2-9,13,16,24,27H,10-12H2,1H3/t16-/m1/s1. The highest BCUT2D eigenvalue weighted by atomic mass is 32.1. The minimum absolute atomic E-state index is 0.151. The number of fused-ring (bicyclic) bond motifs is 1. The first-order valence-electron chi connectivity index (χ1n) is 9.87. The van der Waals surface area contributed by atoms with Crippen molar-refractivity contribution in [3.05, 3.63) is 64.7 Å². The van der Waals surface area contributed by atoms with Gasteiger partial charge in [-0.3, -0.25) is 5.41 Å². The van der Waals surface area contributed by atoms with Crippen LogP contribution in [0.15, 0.2) is 59.7 Å². The summed E-state index contributed by atoms with van der Waals surface area (Å²) in [6.45, 7) is 1.10. The van der Waals surface area contributed by atoms with Gasteiger partial charge in [0.1, 0.15) is 29.0 Å². The fraction of sp³-hybridized carbons (Fsp3) is 0.217. The maximum atomic E-state index is 10.6. The number of benzene rings is 2. The molecule has 2 aliphatic heterocycles. The van der Waals surface area contributed by atoms with Crippen molar-refractivity contribution in [1.82, 2.24) is 9.88 Å². The minimum Gasteiger partial charge on any atom is -0.510 e. The number of para-hydroxylation sites is 2. The predicted octanol–water partition coefficient (Wildman–Crippen LogP) is 4.22. The van der Waals surface area contributed by atoms with E-state index in [9.17, 15) is 5.11 Å². The third kappa shape index (κ3) is 3.70. The lowest BCUT2D eigenvalue weighted by atomic mass is 10.1. The van der Waals surface area contributed by atoms with Crippen LogP contribution in [0.4, 0.5) is 0 Å². The molecule has 0 saturated carbocycles. The summed E-state index contributed by atoms with van der Waals surface area (Å²) < 4.78 is 17.0. The summed E-state index contributed by atoms with van der Waals surface area (Å²) in [6.07, 6.45) is -0.228. The fourth-order valence-electron chi connectivity index (χ4n) is 3.70. The molecular formula is C23H21N3O4S. The van der Waals surface area contributed by atoms with Crippen LogP contribution in [0.2, 0.25) is 0 Å². The van der Waals surface area contributed by atoms with Crippen molar-refractivity contribution >= 4 is 22.7 Å². The number of aromatic nitrogens is 1. The third-order valence-corrected chi connectivity index (χ3v) is 6.14. The highest BCUT2D eigenvalue weighted by Crippen LogP contribution is 2.34. The number of hydrogen-bond acceptors (Lipinski definition) is 7. The molecule has 2 aliphatic rings. The maximum absolute atomic E-state index is 10.6. The molecule has 0 spiro atoms. The SMILES string of the molecule is COc1ccc(-c2csc(C3=C(O)CN(C[C@@H]4COc5ccccc5O4)C3=N)n2)cc1. The normalized spacial score (nSPS) is 17.9. The summed E-state index contributed by atoms with van der Waals surface area (Å²) in [5, 5.41) is 21.8. The molecule has 3 heterocycles. The van der Waals surface area contributed by atoms with Gasteiger partial charge in [0, 0.05) is 10.9 Å². The van der Waals surface area contributed by atoms with Gasteiger partial charge in [0.05, 0.1) is 31.5 Å². The topological polar surface area (TPSA) is 87.9 Å². The Balaban J connectivity index is 1.30. The van der Waals surface area contributed by atoms with Crippen LogP contribution in [0.3, 0.4) is 0 Å². The van der Waals surface area contributed by atoms with Crippen LogP contribution in [0.25, 0.3) is 16.8 Å². The first kappa shape index (κ1) is 19.4. The van der Waals surface area contributed by atoms with E-state index in [1.807, 2.05) is 53.9 Å². The molecule has 2 aromatic carbocycles. The van der Waals surface area contributed by atoms with Crippen molar-refractivity contribution in [2.24, 2.45) is 0 Å². The molecule has 0 saturated heterocycles. The van der Waals surface area contributed by atoms with Gasteiger partial charge < -0.3 is 24.2 Å². The zero-order valence-electron chi connectivity index (χ0n) is 16.9. The minimum atomic E-state index is -0.228. The molecule has 31 heavy (non-hydrogen) atoms. The molecule has 1 aromatic heterocycles. The molecular weight excluding hydrogens is 414 g/mol. The molecule has 7 nitrogen and oxygen atoms in total. The molecule has 0 fully saturated rings. The van der Waals surface area contributed by atoms with Gasteiger partial charge in [-0.15, -0.1) is 11.3 Å². The second-order valence-electron chi connectivity index (χ2n) is 7.31. The van der Waals surface area contributed by atoms with Crippen molar-refractivity contribution in [2.75, 3.05) is 26.8 Å². The van der Waals surface area contributed by atoms with E-state index in [2.05, 4.69) is 4.98 Å². The van der Waals surface area contributed by atoms with Gasteiger partial charge in [-0.2, -0.15) is 0 Å². The van der Waals surface area contributed by atoms with Gasteiger partial charge in [-0.05, 0) is 36.4 Å². The lowest BCUT2D eigenvalue weighted by Crippen LogP contribution is -2.42. The summed E-state index contributed by atoms with van der Waals surface area (Å²) in [4.78, 5) is 6.46. The number of nitrogens with one attached hydrogen (secondary N) is 1. The molecule has 0 unspecified atom stereocenters. The molecule has 5 rings (SSSR count). The zero-order chi connectivity index (χ0) is 21.4. The van der Waals surface area contributed by atoms with Crippen molar-refractivity contribution < 1.29 is 19.3 Å². The van der Waals surface area contributed by atoms with E-state index >= 15 is 0 Å². The predicted molar refractivity (Wildman–Crippen MR) is 119 cm³/mol. The second-order valence-corrected chi connectivity index (χ2v) is 8.17. The number of aliphatic hydroxyl groups is 1. The van der Waals surface area contributed by atoms with Crippen molar-refractivity contribution in [3.8, 4) is 28.5 Å². The largest absolute Gasteiger partial charge is 0.510 e. The lowest BCUT2D eigenvalue weighted by molar-refractivity contribution is 0.0751. The fourth-order valence-corrected chi connectivity index (χ4v) is 4.59. The lowest BCUT2D eigenvalue weighted by Gasteiger charge is -2.30. The monoisotopic (exact) mass is 435 g/mol. The van der Waals surface area contributed by atoms with Gasteiger partial charge in [-0.1, -0.05) is 12.1 Å². The van der Waals surface area contributed by atoms with E-state index < -0.39 is 0 Å². The van der Waals surface area contributed by atoms with Gasteiger partial charge in [0.25, 0.3) is 0 Å². The average Bonchev–Trinajstić information content (AvgIpc) is 3.38. The number of thiazole rings is 1. The van der Waals surface area contributed by atoms with Crippen molar-refractivity contribution in [3.63, 3.8) is 0 Å². The number of nitrogens with zero attached hydrogens (tertiary/aromatic N) is 2. The molecule has 2 N–H and O–H groups in total. The highest BCUT2D eigenvalue weighted by Gasteiger charge is 2.33. The maximum Gasteiger partial charge on any atom is 0.161 e. The molecule has 8 heteroatoms. The Bertz CT molecular complexity index is 1160. The number of ether oxygens (including phenoxy) is 3. The molecule has 0 radical (unpaired) electrons. The van der Waals surface area contributed by atoms with Crippen molar-refractivity contribution in [2.45, 2.75) is 6.10 Å². The quantitative estimate of drug-likeness (QED) is 0.624. The molecule has 0 aliphatic carbocycles. The molecule has 0 bridgehead atoms. The van der Waals surface area contributed by atoms with E-state index in [4.69, 9.17) is 19.6 Å². The van der Waals surface area contributed by atoms with Crippen LogP contribution >= 0.6 is 11.3 Å². The van der Waals surface area contributed by atoms with E-state index in [-0.39, 0.29) is 24.2 Å². The van der Waals surface area contributed by atoms with Gasteiger partial charge in [0.15, 0.2) is 17.6 Å². The Labute approximate surface area is 183 Å². The van der Waals surface area contributed by atoms with E-state index in [0.29, 0.717) is 29.5 Å². The van der Waals surface area contributed by atoms with Crippen molar-refractivity contribution in [1.29, 1.82) is 5.41 Å². The molecule has 1 atom stereocenters. The van der Waals surface area contributed by atoms with E-state index in [0.717, 1.165) is 22.8 Å². The Hall–Kier alpha value is -3.52. The summed E-state index contributed by atoms with van der Waals surface area (Å²) in [5.41, 5.74) is 2.23. The van der Waals surface area contributed by atoms with Crippen LogP contribution in [0, 0.1) is 5.41 Å². The van der Waals surface area contributed by atoms with Gasteiger partial charge in [0.2, 0.25) is 0 Å². The Morgan fingerprint density at radius 3 is 2.74 bits per heavy atom. The zero-order valence-corrected chi connectivity index (χ0v) is 17.7. The summed E-state index contributed by atoms with van der Waals surface area (Å²) in [5.74, 6) is 2.61. The molecule has 0 amide bonds. The Morgan fingerprint density at radius 2 is 1.97 bits per heavy atom. The van der Waals surface area contributed by atoms with Crippen LogP contribution in [0.5, 0.6) is 17.2 Å². The van der Waals surface area contributed by atoms with Gasteiger partial charge >= 0.3 is 0 Å². The number of methoxy groups -OCH3 is 1. The average molecular weight is 436 g/mol. The van der Waals surface area contributed by atoms with Crippen LogP contribution < -0.4 is 14.2 Å². The Kier molecular flexibility index (Phi) is 4.99. The van der Waals surface area contributed by atoms with Crippen LogP contribution in [0.1, 0.15) is 5.01 Å². The summed E-state index contributed by atoms with van der Waals surface area (Å²) >= 11 is 1.41. The van der Waals surface area contributed by atoms with E-state index in [1.54, 1.807) is 12.0 Å². The number of rotatable bonds is 5. The smallest absolute Gasteiger partial charge is 0.161 e. The first-order valence-corrected chi connectivity index (χ1v) is 10.7. The van der Waals surface area contributed by atoms with E-state index in [1.165, 1.54) is 11.3 Å². The Morgan fingerprint density at radius 1 is 1.19 bits per heavy atom. The number of hydrogen-bond donors (Lipinski definition) is 2. The molecule has 3 aromatic rings. The van der Waals surface area contributed by atoms with Crippen LogP contribution in [-0.4, -0.2) is 53.7 Å². The second kappa shape index (κ2) is 7.96. The third-order valence-electron chi connectivity index (χ3n) is 5.28. The summed E-state index contributed by atoms with van der Waals surface area (Å²) in [6, 6.07) is 15.2. The first-order chi connectivity index (χ1) is 15.1. The van der Waals surface area contributed by atoms with Gasteiger partial charge in [-0.25, -0.2) is 4.98 Å². The highest BCUT2D eigenvalue weighted by molar-refractivity contribution is 7.11. The number of aliphatic hydroxyl groups excluding tert-OH is 1. The number of amidine groups is 1. The molecule has 158 valence electrons.